The van der Waals surface area contributed by atoms with Crippen molar-refractivity contribution in [3.63, 3.8) is 0 Å². The molecule has 348 valence electrons. The average Bonchev–Trinajstić information content (AvgIpc) is 3.48. The van der Waals surface area contributed by atoms with E-state index in [1.807, 2.05) is 72.8 Å². The number of rotatable bonds is 8. The Morgan fingerprint density at radius 1 is 0.297 bits per heavy atom. The highest BCUT2D eigenvalue weighted by Crippen LogP contribution is 2.56. The van der Waals surface area contributed by atoms with E-state index in [0.29, 0.717) is 11.6 Å². The van der Waals surface area contributed by atoms with Gasteiger partial charge in [0.1, 0.15) is 0 Å². The molecule has 0 spiro atoms. The Bertz CT molecular complexity index is 3890. The van der Waals surface area contributed by atoms with Crippen LogP contribution in [-0.4, -0.2) is 19.9 Å². The molecule has 8 heteroatoms. The minimum Gasteiger partial charge on any atom is -0.453 e. The van der Waals surface area contributed by atoms with Gasteiger partial charge in [0.15, 0.2) is 23.1 Å². The normalized spacial score (nSPS) is 12.3. The third-order valence-corrected chi connectivity index (χ3v) is 14.8. The van der Waals surface area contributed by atoms with Crippen LogP contribution in [0, 0.1) is 0 Å². The molecule has 0 N–H and O–H groups in total. The molecule has 7 nitrogen and oxygen atoms in total. The van der Waals surface area contributed by atoms with Crippen LogP contribution in [0.1, 0.15) is 0 Å². The second kappa shape index (κ2) is 18.2. The van der Waals surface area contributed by atoms with Crippen molar-refractivity contribution in [2.75, 3.05) is 9.80 Å². The van der Waals surface area contributed by atoms with Gasteiger partial charge >= 0.3 is 0 Å². The molecule has 0 radical (unpaired) electrons. The van der Waals surface area contributed by atoms with E-state index in [-0.39, 0.29) is 0 Å². The van der Waals surface area contributed by atoms with Crippen LogP contribution >= 0.6 is 11.8 Å². The highest BCUT2D eigenvalue weighted by Gasteiger charge is 2.31. The summed E-state index contributed by atoms with van der Waals surface area (Å²) in [5, 5.41) is 2.00. The molecule has 12 aromatic rings. The fourth-order valence-electron chi connectivity index (χ4n) is 10.2. The Kier molecular flexibility index (Phi) is 10.6. The van der Waals surface area contributed by atoms with Crippen molar-refractivity contribution >= 4 is 56.7 Å². The largest absolute Gasteiger partial charge is 0.453 e. The van der Waals surface area contributed by atoms with Gasteiger partial charge in [0.05, 0.1) is 51.2 Å². The van der Waals surface area contributed by atoms with E-state index < -0.39 is 0 Å². The standard InChI is InChI=1S/C66H42N6OS/c1-5-21-43(22-6-1)52-41-54(69-65(67-52)45-25-9-3-10-26-45)47-37-50(55-42-53(44-23-7-2-8-24-44)68-66(70-55)46-27-11-4-12-28-46)49-39-48(71-56-29-13-17-33-61(56)73-62-34-18-14-30-57(62)71)40-60(51(49)38-47)72-58-31-15-19-35-63(58)74-64-36-20-16-32-59(64)72/h1-42H. The summed E-state index contributed by atoms with van der Waals surface area (Å²) >= 11 is 1.80. The van der Waals surface area contributed by atoms with Crippen molar-refractivity contribution in [1.82, 2.24) is 19.9 Å². The Balaban J connectivity index is 1.13. The van der Waals surface area contributed by atoms with Gasteiger partial charge in [-0.25, -0.2) is 19.9 Å². The fraction of sp³-hybridized carbons (Fsp3) is 0. The van der Waals surface area contributed by atoms with Crippen LogP contribution in [-0.2, 0) is 0 Å². The number of nitrogens with zero attached hydrogens (tertiary/aromatic N) is 6. The number of ether oxygens (including phenoxy) is 1. The number of fused-ring (bicyclic) bond motifs is 5. The maximum Gasteiger partial charge on any atom is 0.160 e. The van der Waals surface area contributed by atoms with Crippen molar-refractivity contribution in [2.24, 2.45) is 0 Å². The molecular formula is C66H42N6OS. The predicted octanol–water partition coefficient (Wildman–Crippen LogP) is 17.9. The number of aromatic nitrogens is 4. The Morgan fingerprint density at radius 2 is 0.716 bits per heavy atom. The highest BCUT2D eigenvalue weighted by molar-refractivity contribution is 7.99. The van der Waals surface area contributed by atoms with Crippen molar-refractivity contribution in [2.45, 2.75) is 9.79 Å². The summed E-state index contributed by atoms with van der Waals surface area (Å²) in [4.78, 5) is 28.6. The molecule has 2 aliphatic rings. The van der Waals surface area contributed by atoms with Gasteiger partial charge in [-0.3, -0.25) is 0 Å². The molecule has 0 atom stereocenters. The van der Waals surface area contributed by atoms with Crippen molar-refractivity contribution in [3.05, 3.63) is 255 Å². The summed E-state index contributed by atoms with van der Waals surface area (Å²) in [5.74, 6) is 2.82. The van der Waals surface area contributed by atoms with Crippen molar-refractivity contribution < 1.29 is 4.74 Å². The van der Waals surface area contributed by atoms with E-state index >= 15 is 0 Å². The zero-order chi connectivity index (χ0) is 49.0. The van der Waals surface area contributed by atoms with Gasteiger partial charge in [0.25, 0.3) is 0 Å². The first-order valence-corrected chi connectivity index (χ1v) is 25.4. The van der Waals surface area contributed by atoms with Gasteiger partial charge in [-0.2, -0.15) is 0 Å². The lowest BCUT2D eigenvalue weighted by Gasteiger charge is -2.36. The van der Waals surface area contributed by atoms with Gasteiger partial charge < -0.3 is 14.5 Å². The minimum atomic E-state index is 0.628. The molecule has 0 saturated carbocycles. The SMILES string of the molecule is c1ccc(-c2cc(-c3cc(-c4cc(-c5ccccc5)nc(-c5ccccc5)n4)c4cc(N5c6ccccc6Oc6ccccc65)cc(N5c6ccccc6Sc6ccccc65)c4c3)nc(-c3ccccc3)n2)cc1. The van der Waals surface area contributed by atoms with Crippen LogP contribution in [0.2, 0.25) is 0 Å². The summed E-state index contributed by atoms with van der Waals surface area (Å²) in [6, 6.07) is 88.7. The monoisotopic (exact) mass is 966 g/mol. The van der Waals surface area contributed by atoms with Crippen LogP contribution in [0.15, 0.2) is 265 Å². The van der Waals surface area contributed by atoms with E-state index in [9.17, 15) is 0 Å². The van der Waals surface area contributed by atoms with Gasteiger partial charge in [-0.05, 0) is 90.3 Å². The molecule has 0 saturated heterocycles. The number of benzene rings is 10. The molecule has 0 bridgehead atoms. The van der Waals surface area contributed by atoms with Crippen LogP contribution in [0.3, 0.4) is 0 Å². The van der Waals surface area contributed by atoms with Crippen LogP contribution in [0.25, 0.3) is 78.6 Å². The van der Waals surface area contributed by atoms with Crippen LogP contribution in [0.4, 0.5) is 34.1 Å². The van der Waals surface area contributed by atoms with E-state index in [2.05, 4.69) is 192 Å². The Hall–Kier alpha value is -9.63. The van der Waals surface area contributed by atoms with E-state index in [1.54, 1.807) is 11.8 Å². The Labute approximate surface area is 432 Å². The summed E-state index contributed by atoms with van der Waals surface area (Å²) in [6.07, 6.45) is 0. The van der Waals surface area contributed by atoms with Crippen LogP contribution < -0.4 is 14.5 Å². The maximum atomic E-state index is 6.62. The van der Waals surface area contributed by atoms with E-state index in [0.717, 1.165) is 122 Å². The topological polar surface area (TPSA) is 67.3 Å². The molecule has 2 aromatic heterocycles. The molecule has 2 aliphatic heterocycles. The number of para-hydroxylation sites is 6. The zero-order valence-corrected chi connectivity index (χ0v) is 40.6. The second-order valence-corrected chi connectivity index (χ2v) is 19.3. The lowest BCUT2D eigenvalue weighted by Crippen LogP contribution is -2.18. The number of anilines is 6. The summed E-state index contributed by atoms with van der Waals surface area (Å²) < 4.78 is 6.62. The number of hydrogen-bond donors (Lipinski definition) is 0. The highest BCUT2D eigenvalue weighted by atomic mass is 32.2. The maximum absolute atomic E-state index is 6.62. The van der Waals surface area contributed by atoms with Crippen molar-refractivity contribution in [1.29, 1.82) is 0 Å². The van der Waals surface area contributed by atoms with Crippen LogP contribution in [0.5, 0.6) is 11.5 Å². The third kappa shape index (κ3) is 7.73. The first-order chi connectivity index (χ1) is 36.7. The third-order valence-electron chi connectivity index (χ3n) is 13.6. The fourth-order valence-corrected chi connectivity index (χ4v) is 11.2. The smallest absolute Gasteiger partial charge is 0.160 e. The van der Waals surface area contributed by atoms with E-state index in [1.165, 1.54) is 0 Å². The summed E-state index contributed by atoms with van der Waals surface area (Å²) in [5.41, 5.74) is 14.9. The molecule has 0 aliphatic carbocycles. The molecule has 10 aromatic carbocycles. The zero-order valence-electron chi connectivity index (χ0n) is 39.7. The Morgan fingerprint density at radius 3 is 1.24 bits per heavy atom. The molecule has 0 fully saturated rings. The molecule has 4 heterocycles. The molecular weight excluding hydrogens is 925 g/mol. The lowest BCUT2D eigenvalue weighted by molar-refractivity contribution is 0.477. The molecule has 74 heavy (non-hydrogen) atoms. The van der Waals surface area contributed by atoms with Gasteiger partial charge in [0.2, 0.25) is 0 Å². The minimum absolute atomic E-state index is 0.628. The van der Waals surface area contributed by atoms with Crippen molar-refractivity contribution in [3.8, 4) is 79.3 Å². The first-order valence-electron chi connectivity index (χ1n) is 24.6. The second-order valence-electron chi connectivity index (χ2n) is 18.2. The molecule has 14 rings (SSSR count). The molecule has 0 amide bonds. The van der Waals surface area contributed by atoms with E-state index in [4.69, 9.17) is 24.7 Å². The van der Waals surface area contributed by atoms with Gasteiger partial charge in [0, 0.05) is 54.2 Å². The van der Waals surface area contributed by atoms with Gasteiger partial charge in [-0.1, -0.05) is 182 Å². The summed E-state index contributed by atoms with van der Waals surface area (Å²) in [6.45, 7) is 0. The average molecular weight is 967 g/mol. The lowest BCUT2D eigenvalue weighted by atomic mass is 9.93. The summed E-state index contributed by atoms with van der Waals surface area (Å²) in [7, 11) is 0. The number of hydrogen-bond acceptors (Lipinski definition) is 8. The molecule has 0 unspecified atom stereocenters. The quantitative estimate of drug-likeness (QED) is 0.149. The van der Waals surface area contributed by atoms with Gasteiger partial charge in [-0.15, -0.1) is 0 Å². The first kappa shape index (κ1) is 43.2. The predicted molar refractivity (Wildman–Crippen MR) is 301 cm³/mol.